The van der Waals surface area contributed by atoms with Crippen LogP contribution in [0, 0.1) is 0 Å². The number of aliphatic imine (C=N–C) groups is 1. The third-order valence-electron chi connectivity index (χ3n) is 5.40. The second-order valence-electron chi connectivity index (χ2n) is 7.47. The Kier molecular flexibility index (Phi) is 7.25. The van der Waals surface area contributed by atoms with Gasteiger partial charge in [-0.25, -0.2) is 4.98 Å². The number of guanidine groups is 1. The van der Waals surface area contributed by atoms with Crippen LogP contribution in [0.4, 0.5) is 0 Å². The minimum atomic E-state index is 0.473. The van der Waals surface area contributed by atoms with Crippen LogP contribution < -0.4 is 10.6 Å². The van der Waals surface area contributed by atoms with Crippen molar-refractivity contribution in [3.63, 3.8) is 0 Å². The first-order chi connectivity index (χ1) is 14.1. The summed E-state index contributed by atoms with van der Waals surface area (Å²) >= 11 is 0. The van der Waals surface area contributed by atoms with E-state index in [0.717, 1.165) is 42.3 Å². The average Bonchev–Trinajstić information content (AvgIpc) is 3.07. The molecule has 0 saturated carbocycles. The highest BCUT2D eigenvalue weighted by Gasteiger charge is 2.11. The van der Waals surface area contributed by atoms with Crippen LogP contribution in [-0.2, 0) is 20.1 Å². The summed E-state index contributed by atoms with van der Waals surface area (Å²) in [7, 11) is 6.03. The molecule has 1 aromatic heterocycles. The quantitative estimate of drug-likeness (QED) is 0.457. The van der Waals surface area contributed by atoms with E-state index in [1.54, 1.807) is 7.05 Å². The Bertz CT molecular complexity index is 931. The number of fused-ring (bicyclic) bond motifs is 1. The molecule has 0 saturated heterocycles. The highest BCUT2D eigenvalue weighted by atomic mass is 15.2. The minimum Gasteiger partial charge on any atom is -0.356 e. The van der Waals surface area contributed by atoms with Gasteiger partial charge in [0.15, 0.2) is 5.96 Å². The molecule has 0 fully saturated rings. The number of para-hydroxylation sites is 2. The van der Waals surface area contributed by atoms with Gasteiger partial charge in [-0.1, -0.05) is 42.5 Å². The second kappa shape index (κ2) is 10.1. The second-order valence-corrected chi connectivity index (χ2v) is 7.47. The Hall–Kier alpha value is -2.86. The standard InChI is InChI=1S/C23H32N6/c1-18(28(3)17-19-10-6-5-7-11-19)14-15-25-23(24-2)26-16-22-27-20-12-8-9-13-21(20)29(22)4/h5-13,18H,14-17H2,1-4H3,(H2,24,25,26). The van der Waals surface area contributed by atoms with Crippen molar-refractivity contribution in [1.82, 2.24) is 25.1 Å². The number of hydrogen-bond donors (Lipinski definition) is 2. The van der Waals surface area contributed by atoms with Gasteiger partial charge in [0.25, 0.3) is 0 Å². The van der Waals surface area contributed by atoms with Crippen LogP contribution in [0.15, 0.2) is 59.6 Å². The molecule has 1 unspecified atom stereocenters. The van der Waals surface area contributed by atoms with Gasteiger partial charge >= 0.3 is 0 Å². The van der Waals surface area contributed by atoms with E-state index in [4.69, 9.17) is 4.98 Å². The topological polar surface area (TPSA) is 57.5 Å². The number of imidazole rings is 1. The smallest absolute Gasteiger partial charge is 0.191 e. The fraction of sp³-hybridized carbons (Fsp3) is 0.391. The molecule has 1 atom stereocenters. The number of nitrogens with one attached hydrogen (secondary N) is 2. The summed E-state index contributed by atoms with van der Waals surface area (Å²) in [6, 6.07) is 19.3. The maximum Gasteiger partial charge on any atom is 0.191 e. The summed E-state index contributed by atoms with van der Waals surface area (Å²) < 4.78 is 2.12. The molecule has 0 amide bonds. The molecule has 0 aliphatic heterocycles. The number of nitrogens with zero attached hydrogens (tertiary/aromatic N) is 4. The van der Waals surface area contributed by atoms with Crippen LogP contribution in [0.5, 0.6) is 0 Å². The number of aryl methyl sites for hydroxylation is 1. The number of hydrogen-bond acceptors (Lipinski definition) is 3. The van der Waals surface area contributed by atoms with Gasteiger partial charge in [0, 0.05) is 33.2 Å². The summed E-state index contributed by atoms with van der Waals surface area (Å²) in [5, 5.41) is 6.79. The Morgan fingerprint density at radius 2 is 1.83 bits per heavy atom. The highest BCUT2D eigenvalue weighted by molar-refractivity contribution is 5.80. The van der Waals surface area contributed by atoms with E-state index >= 15 is 0 Å². The van der Waals surface area contributed by atoms with Crippen molar-refractivity contribution in [2.45, 2.75) is 32.5 Å². The Morgan fingerprint density at radius 3 is 2.55 bits per heavy atom. The average molecular weight is 393 g/mol. The van der Waals surface area contributed by atoms with Crippen molar-refractivity contribution >= 4 is 17.0 Å². The maximum atomic E-state index is 4.70. The van der Waals surface area contributed by atoms with Crippen LogP contribution in [0.2, 0.25) is 0 Å². The first-order valence-electron chi connectivity index (χ1n) is 10.2. The van der Waals surface area contributed by atoms with Gasteiger partial charge in [0.1, 0.15) is 5.82 Å². The molecule has 154 valence electrons. The monoisotopic (exact) mass is 392 g/mol. The molecule has 29 heavy (non-hydrogen) atoms. The van der Waals surface area contributed by atoms with E-state index in [1.807, 2.05) is 25.2 Å². The number of rotatable bonds is 8. The molecule has 0 aliphatic carbocycles. The minimum absolute atomic E-state index is 0.473. The lowest BCUT2D eigenvalue weighted by Crippen LogP contribution is -2.40. The van der Waals surface area contributed by atoms with Crippen molar-refractivity contribution in [3.8, 4) is 0 Å². The first kappa shape index (κ1) is 20.9. The molecular formula is C23H32N6. The van der Waals surface area contributed by atoms with Gasteiger partial charge in [-0.05, 0) is 38.1 Å². The number of aromatic nitrogens is 2. The van der Waals surface area contributed by atoms with E-state index in [2.05, 4.69) is 75.5 Å². The molecule has 2 N–H and O–H groups in total. The van der Waals surface area contributed by atoms with Crippen molar-refractivity contribution in [2.75, 3.05) is 20.6 Å². The van der Waals surface area contributed by atoms with Gasteiger partial charge in [0.2, 0.25) is 0 Å². The van der Waals surface area contributed by atoms with E-state index < -0.39 is 0 Å². The van der Waals surface area contributed by atoms with Crippen molar-refractivity contribution < 1.29 is 0 Å². The van der Waals surface area contributed by atoms with Crippen LogP contribution in [-0.4, -0.2) is 47.1 Å². The summed E-state index contributed by atoms with van der Waals surface area (Å²) in [5.41, 5.74) is 3.50. The molecule has 3 aromatic rings. The first-order valence-corrected chi connectivity index (χ1v) is 10.2. The summed E-state index contributed by atoms with van der Waals surface area (Å²) in [4.78, 5) is 11.4. The fourth-order valence-electron chi connectivity index (χ4n) is 3.38. The fourth-order valence-corrected chi connectivity index (χ4v) is 3.38. The maximum absolute atomic E-state index is 4.70. The Labute approximate surface area is 173 Å². The third-order valence-corrected chi connectivity index (χ3v) is 5.40. The van der Waals surface area contributed by atoms with Gasteiger partial charge < -0.3 is 15.2 Å². The zero-order valence-electron chi connectivity index (χ0n) is 17.9. The lowest BCUT2D eigenvalue weighted by Gasteiger charge is -2.25. The van der Waals surface area contributed by atoms with Gasteiger partial charge in [-0.3, -0.25) is 9.89 Å². The predicted molar refractivity (Wildman–Crippen MR) is 121 cm³/mol. The predicted octanol–water partition coefficient (Wildman–Crippen LogP) is 3.15. The zero-order valence-corrected chi connectivity index (χ0v) is 17.9. The molecule has 1 heterocycles. The molecule has 0 radical (unpaired) electrons. The Morgan fingerprint density at radius 1 is 1.10 bits per heavy atom. The summed E-state index contributed by atoms with van der Waals surface area (Å²) in [6.45, 7) is 4.72. The molecule has 6 nitrogen and oxygen atoms in total. The van der Waals surface area contributed by atoms with E-state index in [-0.39, 0.29) is 0 Å². The van der Waals surface area contributed by atoms with Crippen molar-refractivity contribution in [1.29, 1.82) is 0 Å². The van der Waals surface area contributed by atoms with Gasteiger partial charge in [0.05, 0.1) is 17.6 Å². The van der Waals surface area contributed by atoms with Crippen LogP contribution in [0.25, 0.3) is 11.0 Å². The molecule has 3 rings (SSSR count). The number of benzene rings is 2. The van der Waals surface area contributed by atoms with Crippen LogP contribution in [0.1, 0.15) is 24.7 Å². The SMILES string of the molecule is CN=C(NCCC(C)N(C)Cc1ccccc1)NCc1nc2ccccc2n1C. The molecule has 6 heteroatoms. The zero-order chi connectivity index (χ0) is 20.6. The highest BCUT2D eigenvalue weighted by Crippen LogP contribution is 2.14. The van der Waals surface area contributed by atoms with E-state index in [0.29, 0.717) is 12.6 Å². The normalized spacial score (nSPS) is 13.1. The van der Waals surface area contributed by atoms with E-state index in [9.17, 15) is 0 Å². The third kappa shape index (κ3) is 5.57. The molecule has 2 aromatic carbocycles. The summed E-state index contributed by atoms with van der Waals surface area (Å²) in [5.74, 6) is 1.79. The van der Waals surface area contributed by atoms with E-state index in [1.165, 1.54) is 5.56 Å². The summed E-state index contributed by atoms with van der Waals surface area (Å²) in [6.07, 6.45) is 1.04. The van der Waals surface area contributed by atoms with Gasteiger partial charge in [-0.2, -0.15) is 0 Å². The molecule has 0 aliphatic rings. The lowest BCUT2D eigenvalue weighted by atomic mass is 10.1. The Balaban J connectivity index is 1.44. The van der Waals surface area contributed by atoms with Crippen molar-refractivity contribution in [3.05, 3.63) is 66.0 Å². The molecular weight excluding hydrogens is 360 g/mol. The largest absolute Gasteiger partial charge is 0.356 e. The molecule has 0 bridgehead atoms. The van der Waals surface area contributed by atoms with Crippen LogP contribution in [0.3, 0.4) is 0 Å². The molecule has 0 spiro atoms. The lowest BCUT2D eigenvalue weighted by molar-refractivity contribution is 0.238. The van der Waals surface area contributed by atoms with Crippen LogP contribution >= 0.6 is 0 Å². The van der Waals surface area contributed by atoms with Crippen molar-refractivity contribution in [2.24, 2.45) is 12.0 Å². The van der Waals surface area contributed by atoms with Gasteiger partial charge in [-0.15, -0.1) is 0 Å².